The Morgan fingerprint density at radius 2 is 2.12 bits per heavy atom. The van der Waals surface area contributed by atoms with Gasteiger partial charge in [-0.3, -0.25) is 4.79 Å². The van der Waals surface area contributed by atoms with Crippen LogP contribution in [0.3, 0.4) is 0 Å². The fourth-order valence-corrected chi connectivity index (χ4v) is 3.90. The van der Waals surface area contributed by atoms with Crippen molar-refractivity contribution >= 4 is 44.1 Å². The average Bonchev–Trinajstić information content (AvgIpc) is 3.25. The monoisotopic (exact) mass is 423 g/mol. The largest absolute Gasteiger partial charge is 0.462 e. The minimum absolute atomic E-state index is 0.216. The van der Waals surface area contributed by atoms with Gasteiger partial charge in [0.2, 0.25) is 0 Å². The van der Waals surface area contributed by atoms with Crippen LogP contribution in [0.2, 0.25) is 0 Å². The van der Waals surface area contributed by atoms with Crippen LogP contribution in [0.25, 0.3) is 11.1 Å². The second-order valence-corrected chi connectivity index (χ2v) is 7.37. The highest BCUT2D eigenvalue weighted by Gasteiger charge is 2.27. The van der Waals surface area contributed by atoms with Gasteiger partial charge in [-0.1, -0.05) is 28.1 Å². The Hall–Kier alpha value is -1.70. The summed E-state index contributed by atoms with van der Waals surface area (Å²) >= 11 is 4.72. The minimum Gasteiger partial charge on any atom is -0.462 e. The number of amides is 1. The zero-order chi connectivity index (χ0) is 17.8. The molecular weight excluding hydrogens is 406 g/mol. The van der Waals surface area contributed by atoms with E-state index < -0.39 is 12.1 Å². The van der Waals surface area contributed by atoms with Crippen LogP contribution in [0.1, 0.15) is 30.1 Å². The number of carbonyl (C=O) groups excluding carboxylic acids is 2. The predicted molar refractivity (Wildman–Crippen MR) is 101 cm³/mol. The van der Waals surface area contributed by atoms with Crippen LogP contribution in [0.4, 0.5) is 5.00 Å². The summed E-state index contributed by atoms with van der Waals surface area (Å²) in [5.41, 5.74) is 2.03. The summed E-state index contributed by atoms with van der Waals surface area (Å²) in [5.74, 6) is -0.656. The van der Waals surface area contributed by atoms with Gasteiger partial charge >= 0.3 is 5.97 Å². The summed E-state index contributed by atoms with van der Waals surface area (Å²) in [6.07, 6.45) is 1.12. The maximum absolute atomic E-state index is 12.5. The van der Waals surface area contributed by atoms with E-state index in [4.69, 9.17) is 9.47 Å². The molecule has 7 heteroatoms. The van der Waals surface area contributed by atoms with Gasteiger partial charge in [0.15, 0.2) is 0 Å². The van der Waals surface area contributed by atoms with Gasteiger partial charge in [-0.05, 0) is 37.5 Å². The molecule has 1 aliphatic heterocycles. The second-order valence-electron chi connectivity index (χ2n) is 5.57. The van der Waals surface area contributed by atoms with E-state index in [1.54, 1.807) is 6.92 Å². The fraction of sp³-hybridized carbons (Fsp3) is 0.333. The Bertz CT molecular complexity index is 766. The second kappa shape index (κ2) is 8.12. The first-order valence-corrected chi connectivity index (χ1v) is 9.74. The Labute approximate surface area is 158 Å². The first-order valence-electron chi connectivity index (χ1n) is 8.07. The summed E-state index contributed by atoms with van der Waals surface area (Å²) in [6, 6.07) is 7.65. The minimum atomic E-state index is -0.451. The zero-order valence-corrected chi connectivity index (χ0v) is 16.1. The molecule has 1 fully saturated rings. The number of esters is 1. The molecule has 132 valence electrons. The Balaban J connectivity index is 1.93. The number of rotatable bonds is 5. The van der Waals surface area contributed by atoms with E-state index in [2.05, 4.69) is 21.2 Å². The van der Waals surface area contributed by atoms with Crippen molar-refractivity contribution in [3.8, 4) is 11.1 Å². The zero-order valence-electron chi connectivity index (χ0n) is 13.7. The molecule has 1 saturated heterocycles. The number of hydrogen-bond acceptors (Lipinski definition) is 5. The molecule has 1 aromatic carbocycles. The smallest absolute Gasteiger partial charge is 0.341 e. The van der Waals surface area contributed by atoms with Gasteiger partial charge in [-0.25, -0.2) is 4.79 Å². The Morgan fingerprint density at radius 1 is 1.36 bits per heavy atom. The molecule has 0 aliphatic carbocycles. The summed E-state index contributed by atoms with van der Waals surface area (Å²) in [5, 5.41) is 5.20. The van der Waals surface area contributed by atoms with Crippen LogP contribution in [-0.2, 0) is 14.3 Å². The predicted octanol–water partition coefficient (Wildman–Crippen LogP) is 4.47. The van der Waals surface area contributed by atoms with Gasteiger partial charge in [0.25, 0.3) is 5.91 Å². The highest BCUT2D eigenvalue weighted by molar-refractivity contribution is 9.10. The SMILES string of the molecule is CCOC(=O)c1c(-c2ccc(Br)cc2)csc1NC(=O)[C@H]1CCCO1. The lowest BCUT2D eigenvalue weighted by molar-refractivity contribution is -0.124. The molecule has 0 bridgehead atoms. The van der Waals surface area contributed by atoms with E-state index >= 15 is 0 Å². The van der Waals surface area contributed by atoms with Crippen molar-refractivity contribution in [3.05, 3.63) is 39.7 Å². The van der Waals surface area contributed by atoms with E-state index in [-0.39, 0.29) is 12.5 Å². The van der Waals surface area contributed by atoms with Crippen molar-refractivity contribution in [2.75, 3.05) is 18.5 Å². The number of benzene rings is 1. The molecule has 2 aromatic rings. The topological polar surface area (TPSA) is 64.6 Å². The van der Waals surface area contributed by atoms with Crippen molar-refractivity contribution in [2.24, 2.45) is 0 Å². The van der Waals surface area contributed by atoms with E-state index in [1.165, 1.54) is 11.3 Å². The molecule has 0 unspecified atom stereocenters. The number of thiophene rings is 1. The molecule has 5 nitrogen and oxygen atoms in total. The Morgan fingerprint density at radius 3 is 2.76 bits per heavy atom. The summed E-state index contributed by atoms with van der Waals surface area (Å²) in [7, 11) is 0. The van der Waals surface area contributed by atoms with Gasteiger partial charge in [-0.2, -0.15) is 0 Å². The van der Waals surface area contributed by atoms with E-state index in [0.717, 1.165) is 22.0 Å². The quantitative estimate of drug-likeness (QED) is 0.720. The molecule has 25 heavy (non-hydrogen) atoms. The van der Waals surface area contributed by atoms with Crippen LogP contribution in [-0.4, -0.2) is 31.2 Å². The molecule has 1 amide bonds. The van der Waals surface area contributed by atoms with Crippen molar-refractivity contribution in [2.45, 2.75) is 25.9 Å². The summed E-state index contributed by atoms with van der Waals surface area (Å²) in [6.45, 7) is 2.62. The van der Waals surface area contributed by atoms with Crippen LogP contribution in [0, 0.1) is 0 Å². The maximum atomic E-state index is 12.5. The third-order valence-electron chi connectivity index (χ3n) is 3.88. The Kier molecular flexibility index (Phi) is 5.88. The van der Waals surface area contributed by atoms with Gasteiger partial charge in [0.1, 0.15) is 16.7 Å². The molecule has 3 rings (SSSR count). The lowest BCUT2D eigenvalue weighted by Gasteiger charge is -2.11. The number of nitrogens with one attached hydrogen (secondary N) is 1. The van der Waals surface area contributed by atoms with Crippen molar-refractivity contribution < 1.29 is 19.1 Å². The van der Waals surface area contributed by atoms with Crippen molar-refractivity contribution in [3.63, 3.8) is 0 Å². The summed E-state index contributed by atoms with van der Waals surface area (Å²) < 4.78 is 11.6. The lowest BCUT2D eigenvalue weighted by Crippen LogP contribution is -2.27. The lowest BCUT2D eigenvalue weighted by atomic mass is 10.0. The van der Waals surface area contributed by atoms with Crippen LogP contribution < -0.4 is 5.32 Å². The van der Waals surface area contributed by atoms with Crippen molar-refractivity contribution in [1.82, 2.24) is 0 Å². The standard InChI is InChI=1S/C18H18BrNO4S/c1-2-23-18(22)15-13(11-5-7-12(19)8-6-11)10-25-17(15)20-16(21)14-4-3-9-24-14/h5-8,10,14H,2-4,9H2,1H3,(H,20,21)/t14-/m1/s1. The molecule has 0 spiro atoms. The molecule has 1 N–H and O–H groups in total. The highest BCUT2D eigenvalue weighted by atomic mass is 79.9. The molecule has 1 aliphatic rings. The normalized spacial score (nSPS) is 16.6. The fourth-order valence-electron chi connectivity index (χ4n) is 2.67. The molecular formula is C18H18BrNO4S. The van der Waals surface area contributed by atoms with Gasteiger partial charge < -0.3 is 14.8 Å². The van der Waals surface area contributed by atoms with Crippen LogP contribution >= 0.6 is 27.3 Å². The molecule has 2 heterocycles. The van der Waals surface area contributed by atoms with E-state index in [9.17, 15) is 9.59 Å². The van der Waals surface area contributed by atoms with Crippen LogP contribution in [0.5, 0.6) is 0 Å². The molecule has 0 saturated carbocycles. The van der Waals surface area contributed by atoms with Gasteiger partial charge in [0.05, 0.1) is 6.61 Å². The van der Waals surface area contributed by atoms with Gasteiger partial charge in [-0.15, -0.1) is 11.3 Å². The molecule has 1 atom stereocenters. The van der Waals surface area contributed by atoms with E-state index in [0.29, 0.717) is 23.6 Å². The molecule has 0 radical (unpaired) electrons. The number of ether oxygens (including phenoxy) is 2. The van der Waals surface area contributed by atoms with Crippen LogP contribution in [0.15, 0.2) is 34.1 Å². The highest BCUT2D eigenvalue weighted by Crippen LogP contribution is 2.37. The molecule has 1 aromatic heterocycles. The number of anilines is 1. The average molecular weight is 424 g/mol. The maximum Gasteiger partial charge on any atom is 0.341 e. The number of carbonyl (C=O) groups is 2. The third kappa shape index (κ3) is 4.11. The first-order chi connectivity index (χ1) is 12.1. The number of hydrogen-bond donors (Lipinski definition) is 1. The first kappa shape index (κ1) is 18.1. The summed E-state index contributed by atoms with van der Waals surface area (Å²) in [4.78, 5) is 24.8. The third-order valence-corrected chi connectivity index (χ3v) is 5.31. The number of halogens is 1. The van der Waals surface area contributed by atoms with Crippen molar-refractivity contribution in [1.29, 1.82) is 0 Å². The van der Waals surface area contributed by atoms with E-state index in [1.807, 2.05) is 29.6 Å². The van der Waals surface area contributed by atoms with Gasteiger partial charge in [0, 0.05) is 22.0 Å².